The molecule has 3 N–H and O–H groups in total. The third kappa shape index (κ3) is 23.6. The average Bonchev–Trinajstić information content (AvgIpc) is 1.53. The molecule has 6 bridgehead atoms. The Morgan fingerprint density at radius 1 is 0.421 bits per heavy atom. The van der Waals surface area contributed by atoms with Crippen LogP contribution < -0.4 is 44.4 Å². The fourth-order valence-electron chi connectivity index (χ4n) is 23.2. The number of carbonyl (C=O) groups excluding carboxylic acids is 9. The summed E-state index contributed by atoms with van der Waals surface area (Å²) in [6, 6.07) is 6.51. The number of methoxy groups -OCH3 is 2. The summed E-state index contributed by atoms with van der Waals surface area (Å²) in [6.45, 7) is 20.8. The van der Waals surface area contributed by atoms with E-state index in [0.29, 0.717) is 53.8 Å². The van der Waals surface area contributed by atoms with Crippen LogP contribution in [0.3, 0.4) is 0 Å². The first-order valence-corrected chi connectivity index (χ1v) is 49.2. The maximum Gasteiger partial charge on any atom is 0.573 e. The van der Waals surface area contributed by atoms with Gasteiger partial charge in [-0.3, -0.25) is 14.4 Å². The van der Waals surface area contributed by atoms with Gasteiger partial charge < -0.3 is 87.7 Å². The zero-order valence-electron chi connectivity index (χ0n) is 83.0. The van der Waals surface area contributed by atoms with Gasteiger partial charge in [-0.25, -0.2) is 80.7 Å². The molecule has 6 unspecified atom stereocenters. The average molecular weight is 2150 g/mol. The predicted molar refractivity (Wildman–Crippen MR) is 489 cm³/mol. The Hall–Kier alpha value is -9.31. The van der Waals surface area contributed by atoms with Crippen LogP contribution in [0.15, 0.2) is 54.6 Å². The van der Waals surface area contributed by atoms with Crippen molar-refractivity contribution in [3.8, 4) is 34.9 Å². The molecule has 24 atom stereocenters. The van der Waals surface area contributed by atoms with Crippen LogP contribution >= 0.6 is 0 Å². The van der Waals surface area contributed by atoms with Crippen LogP contribution in [0, 0.1) is 87.3 Å². The number of amides is 6. The van der Waals surface area contributed by atoms with Crippen LogP contribution in [-0.2, 0) is 117 Å². The molecular weight excluding hydrogens is 2030 g/mol. The molecule has 9 heterocycles. The number of ether oxygens (including phenoxy) is 9. The predicted octanol–water partition coefficient (Wildman–Crippen LogP) is 17.1. The molecule has 145 heavy (non-hydrogen) atoms. The Morgan fingerprint density at radius 2 is 0.786 bits per heavy atom. The van der Waals surface area contributed by atoms with Crippen LogP contribution in [0.4, 0.5) is 62.7 Å². The summed E-state index contributed by atoms with van der Waals surface area (Å²) in [6.07, 6.45) is -0.00278. The standard InChI is InChI=1S/C34H41F4N4O6.C34H42F3N4O6.C33H39F4N4O6.3V/c1-6-18-23(16-43)42-15-25(18)47-29-27(39-21-11-10-17(46-5)13-22(21)40-29)33(35,36)12-8-7-9-19-24(14-20-26(19)34(20,37)38)48-31(45)41-28(30(42)44)32(2,3)4;1-5-20-26(17-42)41-16-28(20)45-30-24(38-23-12-11-19(15-25(23)39-30)47-34(35,36)37)10-8-6-7-9-21-22-13-18(22)14-27(21)46-32(44)40-29(31(41)43)33(2,3)4;1-16-22(15-42)41-14-24(16)46-28-26(38-20-10-9-17(45-5)12-21(20)39-28)32(34,35)11-7-6-8-18-23(13-19-25(18)33(19,36)37)47-30(44)40-27(29(41)43)31(2,3)4;;;/h10-11,13,18-20,23-26,28H,6-9,12,14-15H2,1-5H3,(H,41,45);11-12,15,18,20-22,26-29H,5-10,13-14,16H2,1-4H3,(H,40,44);9-10,12,16,18-19,22-25,27H,6-8,11,13-14H2,1-5H3,(H,40,44);;;/q3*-1;;;/t18-,19-,20?,23+,24+,25-,26?,28+;18?,20-,21+,22?,26+,27+,28-,29+;16-,18-,19?,22+,23+,24-,25?,27+;;;/m000.../s1. The maximum absolute atomic E-state index is 16.1. The van der Waals surface area contributed by atoms with E-state index in [1.54, 1.807) is 67.5 Å². The number of halogens is 11. The fraction of sp³-hybridized carbons (Fsp3) is 0.673. The number of rotatable bonds is 8. The zero-order chi connectivity index (χ0) is 102. The molecule has 6 amide bonds. The second kappa shape index (κ2) is 43.7. The van der Waals surface area contributed by atoms with Crippen LogP contribution in [0.5, 0.6) is 34.9 Å². The minimum Gasteiger partial charge on any atom is -0.540 e. The molecule has 30 nitrogen and oxygen atoms in total. The van der Waals surface area contributed by atoms with Crippen molar-refractivity contribution in [2.24, 2.45) is 87.3 Å². The first-order valence-electron chi connectivity index (χ1n) is 49.2. The van der Waals surface area contributed by atoms with Gasteiger partial charge in [0, 0.05) is 122 Å². The van der Waals surface area contributed by atoms with Gasteiger partial charge in [0.05, 0.1) is 67.0 Å². The molecule has 0 spiro atoms. The molecule has 12 aliphatic rings. The summed E-state index contributed by atoms with van der Waals surface area (Å²) >= 11 is 0. The first-order chi connectivity index (χ1) is 66.9. The zero-order valence-corrected chi connectivity index (χ0v) is 87.2. The van der Waals surface area contributed by atoms with Crippen molar-refractivity contribution in [2.75, 3.05) is 33.9 Å². The van der Waals surface area contributed by atoms with Crippen molar-refractivity contribution in [1.29, 1.82) is 0 Å². The normalized spacial score (nSPS) is 32.2. The Balaban J connectivity index is 0.000000180. The van der Waals surface area contributed by atoms with E-state index in [1.807, 2.05) is 46.6 Å². The van der Waals surface area contributed by atoms with Crippen LogP contribution in [0.25, 0.3) is 33.1 Å². The number of aryl methyl sites for hydroxylation is 1. The van der Waals surface area contributed by atoms with Crippen molar-refractivity contribution < 1.29 is 190 Å². The van der Waals surface area contributed by atoms with E-state index in [-0.39, 0.29) is 172 Å². The van der Waals surface area contributed by atoms with Crippen LogP contribution in [0.1, 0.15) is 216 Å². The van der Waals surface area contributed by atoms with E-state index in [2.05, 4.69) is 45.6 Å². The third-order valence-corrected chi connectivity index (χ3v) is 31.0. The maximum atomic E-state index is 16.1. The van der Waals surface area contributed by atoms with Gasteiger partial charge in [-0.15, -0.1) is 13.2 Å². The van der Waals surface area contributed by atoms with Crippen LogP contribution in [0.2, 0.25) is 0 Å². The number of fused-ring (bicyclic) bond motifs is 21. The summed E-state index contributed by atoms with van der Waals surface area (Å²) in [5.41, 5.74) is -1.88. The molecular formula is C101H122F11N12O18V3-3. The van der Waals surface area contributed by atoms with Gasteiger partial charge in [0.15, 0.2) is 11.4 Å². The summed E-state index contributed by atoms with van der Waals surface area (Å²) < 4.78 is 212. The number of aromatic nitrogens is 6. The third-order valence-electron chi connectivity index (χ3n) is 31.0. The van der Waals surface area contributed by atoms with Gasteiger partial charge in [0.25, 0.3) is 23.7 Å². The van der Waals surface area contributed by atoms with Crippen molar-refractivity contribution in [2.45, 2.75) is 308 Å². The molecule has 3 aromatic heterocycles. The van der Waals surface area contributed by atoms with Gasteiger partial charge in [-0.1, -0.05) is 140 Å². The molecule has 6 aliphatic carbocycles. The van der Waals surface area contributed by atoms with Crippen molar-refractivity contribution in [3.05, 3.63) is 71.7 Å². The molecule has 3 radical (unpaired) electrons. The largest absolute Gasteiger partial charge is 0.573 e. The summed E-state index contributed by atoms with van der Waals surface area (Å²) in [4.78, 5) is 150. The Bertz CT molecular complexity index is 5770. The Labute approximate surface area is 868 Å². The van der Waals surface area contributed by atoms with Gasteiger partial charge >= 0.3 is 24.6 Å². The van der Waals surface area contributed by atoms with Gasteiger partial charge in [0.1, 0.15) is 77.7 Å². The summed E-state index contributed by atoms with van der Waals surface area (Å²) in [7, 11) is 2.91. The molecule has 18 rings (SSSR count). The minimum absolute atomic E-state index is 0. The van der Waals surface area contributed by atoms with E-state index in [9.17, 15) is 73.9 Å². The van der Waals surface area contributed by atoms with E-state index in [4.69, 9.17) is 42.9 Å². The number of nitrogens with zero attached hydrogens (tertiary/aromatic N) is 9. The summed E-state index contributed by atoms with van der Waals surface area (Å²) in [5, 5.41) is 8.11. The Kier molecular flexibility index (Phi) is 34.0. The molecule has 789 valence electrons. The first kappa shape index (κ1) is 113. The van der Waals surface area contributed by atoms with E-state index in [1.165, 1.54) is 65.3 Å². The van der Waals surface area contributed by atoms with Crippen molar-refractivity contribution >= 4 is 88.0 Å². The summed E-state index contributed by atoms with van der Waals surface area (Å²) in [5.74, 6) is -20.6. The number of alkyl carbamates (subject to hydrolysis) is 3. The van der Waals surface area contributed by atoms with E-state index >= 15 is 17.6 Å². The smallest absolute Gasteiger partial charge is 0.540 e. The number of benzene rings is 3. The van der Waals surface area contributed by atoms with Gasteiger partial charge in [-0.05, 0) is 159 Å². The second-order valence-corrected chi connectivity index (χ2v) is 43.4. The number of hydrogen-bond donors (Lipinski definition) is 3. The quantitative estimate of drug-likeness (QED) is 0.0724. The number of nitrogens with one attached hydrogen (secondary N) is 3. The van der Waals surface area contributed by atoms with E-state index < -0.39 is 244 Å². The monoisotopic (exact) mass is 2150 g/mol. The molecule has 9 fully saturated rings. The molecule has 3 saturated heterocycles. The van der Waals surface area contributed by atoms with Gasteiger partial charge in [0.2, 0.25) is 35.4 Å². The number of alkyl halides is 11. The number of carbonyl (C=O) groups is 6. The SMILES string of the molecule is CC[C@@H]1[C@@H]2CN(C(=O)[C@H](C(C)(C)C)NC(=O)O[C@@H]3CC4C([C@H]3CCCCC(F)(F)c3nc5ccc(OC)cc5nc3O2)C4(F)F)[C@@H]1[C-]=O.CC[C@@H]1[C@@H]2CN(C(=O)[C@H](C(C)(C)C)NC(=O)O[C@@H]3CC4CC4[C@H]3CCCCCc3nc4ccc(OC(F)(F)F)cc4nc3O2)[C@@H]1[C-]=O.COc1ccc2nc3c(nc2c1)O[C@H]1CN(C(=O)[C@H](C(C)(C)C)NC(=O)O[C@@H]2CC4C([C@H]2CCCCC3(F)F)C4(F)F)[C@H]([C-]=O)[C@@H]1C.[V].[V].[V]. The Morgan fingerprint density at radius 3 is 1.19 bits per heavy atom. The molecule has 44 heteroatoms. The molecule has 6 aliphatic heterocycles. The molecule has 6 saturated carbocycles. The second-order valence-electron chi connectivity index (χ2n) is 43.4. The van der Waals surface area contributed by atoms with E-state index in [0.717, 1.165) is 44.6 Å². The van der Waals surface area contributed by atoms with Crippen molar-refractivity contribution in [1.82, 2.24) is 60.6 Å². The van der Waals surface area contributed by atoms with Crippen molar-refractivity contribution in [3.63, 3.8) is 0 Å². The minimum atomic E-state index is -4.87. The molecule has 6 aromatic rings. The fourth-order valence-corrected chi connectivity index (χ4v) is 23.2. The molecule has 3 aromatic carbocycles. The van der Waals surface area contributed by atoms with Gasteiger partial charge in [-0.2, -0.15) is 17.6 Å². The van der Waals surface area contributed by atoms with Crippen LogP contribution in [-0.4, -0.2) is 224 Å². The number of hydrogen-bond acceptors (Lipinski definition) is 24. The topological polar surface area (TPSA) is 360 Å².